The van der Waals surface area contributed by atoms with Crippen molar-refractivity contribution in [2.75, 3.05) is 19.0 Å². The molecule has 1 unspecified atom stereocenters. The minimum Gasteiger partial charge on any atom is -0.497 e. The highest BCUT2D eigenvalue weighted by atomic mass is 16.5. The fourth-order valence-electron chi connectivity index (χ4n) is 4.91. The predicted molar refractivity (Wildman–Crippen MR) is 141 cm³/mol. The number of methoxy groups -OCH3 is 1. The average molecular weight is 483 g/mol. The summed E-state index contributed by atoms with van der Waals surface area (Å²) in [5.41, 5.74) is 13.2. The van der Waals surface area contributed by atoms with E-state index in [0.717, 1.165) is 76.4 Å². The summed E-state index contributed by atoms with van der Waals surface area (Å²) >= 11 is 0. The number of rotatable bonds is 7. The smallest absolute Gasteiger partial charge is 0.151 e. The third-order valence-corrected chi connectivity index (χ3v) is 6.84. The normalized spacial score (nSPS) is 16.0. The van der Waals surface area contributed by atoms with Gasteiger partial charge in [0.05, 0.1) is 29.4 Å². The van der Waals surface area contributed by atoms with Gasteiger partial charge < -0.3 is 24.9 Å². The number of benzene rings is 2. The molecule has 3 N–H and O–H groups in total. The molecule has 2 aromatic carbocycles. The molecule has 1 aliphatic rings. The lowest BCUT2D eigenvalue weighted by atomic mass is 10.1. The van der Waals surface area contributed by atoms with Crippen LogP contribution in [0, 0.1) is 0 Å². The van der Waals surface area contributed by atoms with Crippen molar-refractivity contribution in [1.82, 2.24) is 19.2 Å². The van der Waals surface area contributed by atoms with E-state index in [2.05, 4.69) is 57.4 Å². The lowest BCUT2D eigenvalue weighted by Gasteiger charge is -2.24. The quantitative estimate of drug-likeness (QED) is 0.334. The molecule has 8 heteroatoms. The number of nitrogens with zero attached hydrogens (tertiary/aromatic N) is 4. The number of aromatic nitrogens is 4. The maximum Gasteiger partial charge on any atom is 0.151 e. The van der Waals surface area contributed by atoms with Gasteiger partial charge in [0.15, 0.2) is 12.0 Å². The molecule has 0 radical (unpaired) electrons. The highest BCUT2D eigenvalue weighted by Crippen LogP contribution is 2.31. The van der Waals surface area contributed by atoms with Gasteiger partial charge in [-0.3, -0.25) is 0 Å². The Labute approximate surface area is 209 Å². The number of ether oxygens (including phenoxy) is 2. The van der Waals surface area contributed by atoms with Crippen LogP contribution in [0.4, 0.5) is 5.82 Å². The third-order valence-electron chi connectivity index (χ3n) is 6.84. The zero-order chi connectivity index (χ0) is 24.5. The summed E-state index contributed by atoms with van der Waals surface area (Å²) in [5.74, 6) is 1.66. The SMILES string of the molecule is COc1ccc(CNc2nc3cc(-c4ccnn4C4CCCCO4)ccc3n3cc(CN)cc23)cc1. The highest BCUT2D eigenvalue weighted by Gasteiger charge is 2.20. The number of hydrogen-bond donors (Lipinski definition) is 2. The molecule has 1 fully saturated rings. The van der Waals surface area contributed by atoms with Gasteiger partial charge in [0, 0.05) is 37.7 Å². The van der Waals surface area contributed by atoms with Crippen molar-refractivity contribution in [2.45, 2.75) is 38.6 Å². The largest absolute Gasteiger partial charge is 0.497 e. The molecular weight excluding hydrogens is 452 g/mol. The Kier molecular flexibility index (Phi) is 6.04. The van der Waals surface area contributed by atoms with Crippen LogP contribution in [0.15, 0.2) is 67.0 Å². The Morgan fingerprint density at radius 1 is 1.06 bits per heavy atom. The standard InChI is InChI=1S/C28H30N6O2/c1-35-22-8-5-19(6-9-22)17-30-28-26-14-20(16-29)18-33(26)25-10-7-21(15-23(25)32-28)24-11-12-31-34(24)27-4-2-3-13-36-27/h5-12,14-15,18,27H,2-4,13,16-17,29H2,1H3,(H,30,32). The van der Waals surface area contributed by atoms with Gasteiger partial charge in [-0.2, -0.15) is 5.10 Å². The van der Waals surface area contributed by atoms with Gasteiger partial charge in [-0.25, -0.2) is 9.67 Å². The van der Waals surface area contributed by atoms with Gasteiger partial charge in [-0.15, -0.1) is 0 Å². The topological polar surface area (TPSA) is 91.6 Å². The van der Waals surface area contributed by atoms with E-state index in [-0.39, 0.29) is 6.23 Å². The molecular formula is C28H30N6O2. The molecule has 6 rings (SSSR count). The van der Waals surface area contributed by atoms with Crippen LogP contribution < -0.4 is 15.8 Å². The first-order valence-corrected chi connectivity index (χ1v) is 12.4. The van der Waals surface area contributed by atoms with Crippen LogP contribution in [0.25, 0.3) is 27.8 Å². The summed E-state index contributed by atoms with van der Waals surface area (Å²) in [6.45, 7) is 1.90. The average Bonchev–Trinajstić information content (AvgIpc) is 3.60. The van der Waals surface area contributed by atoms with Crippen LogP contribution >= 0.6 is 0 Å². The molecule has 0 aliphatic carbocycles. The van der Waals surface area contributed by atoms with Crippen molar-refractivity contribution in [3.63, 3.8) is 0 Å². The van der Waals surface area contributed by atoms with Crippen molar-refractivity contribution in [1.29, 1.82) is 0 Å². The fourth-order valence-corrected chi connectivity index (χ4v) is 4.91. The Bertz CT molecular complexity index is 1500. The lowest BCUT2D eigenvalue weighted by Crippen LogP contribution is -2.19. The molecule has 3 aromatic heterocycles. The first-order valence-electron chi connectivity index (χ1n) is 12.4. The zero-order valence-corrected chi connectivity index (χ0v) is 20.4. The van der Waals surface area contributed by atoms with E-state index in [1.165, 1.54) is 0 Å². The molecule has 0 bridgehead atoms. The summed E-state index contributed by atoms with van der Waals surface area (Å²) in [7, 11) is 1.67. The van der Waals surface area contributed by atoms with Gasteiger partial charge in [0.2, 0.25) is 0 Å². The van der Waals surface area contributed by atoms with Crippen LogP contribution in [0.3, 0.4) is 0 Å². The molecule has 36 heavy (non-hydrogen) atoms. The monoisotopic (exact) mass is 482 g/mol. The first-order chi connectivity index (χ1) is 17.7. The van der Waals surface area contributed by atoms with Crippen molar-refractivity contribution in [3.05, 3.63) is 78.1 Å². The third kappa shape index (κ3) is 4.19. The zero-order valence-electron chi connectivity index (χ0n) is 20.4. The number of nitrogens with two attached hydrogens (primary N) is 1. The van der Waals surface area contributed by atoms with Crippen LogP contribution in [-0.4, -0.2) is 32.9 Å². The van der Waals surface area contributed by atoms with Crippen LogP contribution in [0.1, 0.15) is 36.6 Å². The summed E-state index contributed by atoms with van der Waals surface area (Å²) in [5, 5.41) is 8.12. The second-order valence-corrected chi connectivity index (χ2v) is 9.16. The number of hydrogen-bond acceptors (Lipinski definition) is 6. The Hall–Kier alpha value is -3.88. The molecule has 8 nitrogen and oxygen atoms in total. The number of anilines is 1. The Balaban J connectivity index is 1.39. The van der Waals surface area contributed by atoms with Crippen LogP contribution in [0.2, 0.25) is 0 Å². The van der Waals surface area contributed by atoms with E-state index >= 15 is 0 Å². The molecule has 0 amide bonds. The van der Waals surface area contributed by atoms with E-state index in [9.17, 15) is 0 Å². The summed E-state index contributed by atoms with van der Waals surface area (Å²) < 4.78 is 15.5. The Morgan fingerprint density at radius 3 is 2.72 bits per heavy atom. The molecule has 1 aliphatic heterocycles. The van der Waals surface area contributed by atoms with E-state index < -0.39 is 0 Å². The predicted octanol–water partition coefficient (Wildman–Crippen LogP) is 5.13. The van der Waals surface area contributed by atoms with Gasteiger partial charge in [0.1, 0.15) is 5.75 Å². The second kappa shape index (κ2) is 9.64. The summed E-state index contributed by atoms with van der Waals surface area (Å²) in [4.78, 5) is 5.05. The van der Waals surface area contributed by atoms with Gasteiger partial charge in [-0.05, 0) is 66.8 Å². The van der Waals surface area contributed by atoms with Crippen molar-refractivity contribution in [2.24, 2.45) is 5.73 Å². The maximum absolute atomic E-state index is 6.00. The highest BCUT2D eigenvalue weighted by molar-refractivity contribution is 5.88. The van der Waals surface area contributed by atoms with Gasteiger partial charge in [0.25, 0.3) is 0 Å². The first kappa shape index (κ1) is 22.6. The molecule has 184 valence electrons. The second-order valence-electron chi connectivity index (χ2n) is 9.16. The molecule has 0 saturated carbocycles. The fraction of sp³-hybridized carbons (Fsp3) is 0.286. The van der Waals surface area contributed by atoms with E-state index in [1.54, 1.807) is 7.11 Å². The molecule has 1 saturated heterocycles. The van der Waals surface area contributed by atoms with E-state index in [4.69, 9.17) is 20.2 Å². The summed E-state index contributed by atoms with van der Waals surface area (Å²) in [6.07, 6.45) is 7.16. The Morgan fingerprint density at radius 2 is 1.94 bits per heavy atom. The van der Waals surface area contributed by atoms with Gasteiger partial charge >= 0.3 is 0 Å². The molecule has 1 atom stereocenters. The molecule has 0 spiro atoms. The van der Waals surface area contributed by atoms with E-state index in [1.807, 2.05) is 29.1 Å². The molecule has 4 heterocycles. The van der Waals surface area contributed by atoms with Crippen LogP contribution in [0.5, 0.6) is 5.75 Å². The van der Waals surface area contributed by atoms with Crippen molar-refractivity contribution in [3.8, 4) is 17.0 Å². The minimum atomic E-state index is -0.0202. The van der Waals surface area contributed by atoms with Crippen LogP contribution in [-0.2, 0) is 17.8 Å². The lowest BCUT2D eigenvalue weighted by molar-refractivity contribution is -0.0383. The van der Waals surface area contributed by atoms with Crippen molar-refractivity contribution < 1.29 is 9.47 Å². The summed E-state index contributed by atoms with van der Waals surface area (Å²) in [6, 6.07) is 18.6. The minimum absolute atomic E-state index is 0.0202. The number of fused-ring (bicyclic) bond motifs is 3. The van der Waals surface area contributed by atoms with Crippen molar-refractivity contribution >= 4 is 22.4 Å². The number of nitrogens with one attached hydrogen (secondary N) is 1. The van der Waals surface area contributed by atoms with Gasteiger partial charge in [-0.1, -0.05) is 18.2 Å². The van der Waals surface area contributed by atoms with E-state index in [0.29, 0.717) is 13.1 Å². The maximum atomic E-state index is 6.00. The molecule has 5 aromatic rings.